The molecule has 0 fully saturated rings. The lowest BCUT2D eigenvalue weighted by Gasteiger charge is -2.13. The molecule has 1 amide bonds. The molecule has 1 rings (SSSR count). The van der Waals surface area contributed by atoms with Gasteiger partial charge in [0.1, 0.15) is 0 Å². The third-order valence-corrected chi connectivity index (χ3v) is 2.03. The summed E-state index contributed by atoms with van der Waals surface area (Å²) in [5.74, 6) is 0. The molecule has 0 aliphatic heterocycles. The maximum absolute atomic E-state index is 12.6. The van der Waals surface area contributed by atoms with Crippen LogP contribution in [-0.4, -0.2) is 12.7 Å². The Kier molecular flexibility index (Phi) is 4.22. The first-order chi connectivity index (χ1) is 7.84. The summed E-state index contributed by atoms with van der Waals surface area (Å²) in [7, 11) is 0. The summed E-state index contributed by atoms with van der Waals surface area (Å²) < 4.78 is 42.3. The number of carbonyl (C=O) groups excluding carboxylic acids is 1. The van der Waals surface area contributed by atoms with Crippen LogP contribution in [0, 0.1) is 0 Å². The molecule has 0 saturated heterocycles. The SMILES string of the molecule is CCOC(=O)Nc1ccc(Cl)cc1C(F)(F)F. The molecule has 0 heterocycles. The van der Waals surface area contributed by atoms with Crippen LogP contribution in [0.5, 0.6) is 0 Å². The summed E-state index contributed by atoms with van der Waals surface area (Å²) in [6.45, 7) is 1.62. The number of hydrogen-bond donors (Lipinski definition) is 1. The van der Waals surface area contributed by atoms with Crippen LogP contribution in [0.25, 0.3) is 0 Å². The van der Waals surface area contributed by atoms with E-state index in [0.29, 0.717) is 0 Å². The van der Waals surface area contributed by atoms with Crippen molar-refractivity contribution in [2.75, 3.05) is 11.9 Å². The maximum atomic E-state index is 12.6. The van der Waals surface area contributed by atoms with E-state index in [0.717, 1.165) is 12.1 Å². The zero-order valence-electron chi connectivity index (χ0n) is 8.77. The van der Waals surface area contributed by atoms with Crippen molar-refractivity contribution in [3.63, 3.8) is 0 Å². The van der Waals surface area contributed by atoms with Crippen molar-refractivity contribution < 1.29 is 22.7 Å². The highest BCUT2D eigenvalue weighted by Crippen LogP contribution is 2.36. The number of hydrogen-bond acceptors (Lipinski definition) is 2. The molecule has 17 heavy (non-hydrogen) atoms. The largest absolute Gasteiger partial charge is 0.450 e. The van der Waals surface area contributed by atoms with Gasteiger partial charge in [0.25, 0.3) is 0 Å². The number of halogens is 4. The smallest absolute Gasteiger partial charge is 0.418 e. The fourth-order valence-corrected chi connectivity index (χ4v) is 1.31. The number of carbonyl (C=O) groups is 1. The number of rotatable bonds is 2. The molecule has 94 valence electrons. The second kappa shape index (κ2) is 5.27. The van der Waals surface area contributed by atoms with Crippen LogP contribution >= 0.6 is 11.6 Å². The van der Waals surface area contributed by atoms with Crippen molar-refractivity contribution >= 4 is 23.4 Å². The third kappa shape index (κ3) is 3.81. The van der Waals surface area contributed by atoms with Gasteiger partial charge in [-0.3, -0.25) is 5.32 Å². The Bertz CT molecular complexity index is 421. The average molecular weight is 268 g/mol. The van der Waals surface area contributed by atoms with Crippen LogP contribution < -0.4 is 5.32 Å². The fourth-order valence-electron chi connectivity index (χ4n) is 1.14. The molecule has 7 heteroatoms. The molecule has 1 aromatic carbocycles. The molecule has 0 aliphatic rings. The van der Waals surface area contributed by atoms with E-state index >= 15 is 0 Å². The molecule has 0 saturated carbocycles. The minimum atomic E-state index is -4.60. The Morgan fingerprint density at radius 3 is 2.65 bits per heavy atom. The van der Waals surface area contributed by atoms with Crippen LogP contribution in [0.4, 0.5) is 23.7 Å². The topological polar surface area (TPSA) is 38.3 Å². The van der Waals surface area contributed by atoms with E-state index < -0.39 is 17.8 Å². The predicted octanol–water partition coefficient (Wildman–Crippen LogP) is 3.93. The lowest BCUT2D eigenvalue weighted by Crippen LogP contribution is -2.17. The Labute approximate surface area is 101 Å². The number of nitrogens with one attached hydrogen (secondary N) is 1. The number of ether oxygens (including phenoxy) is 1. The Morgan fingerprint density at radius 2 is 2.12 bits per heavy atom. The van der Waals surface area contributed by atoms with Crippen molar-refractivity contribution in [2.45, 2.75) is 13.1 Å². The van der Waals surface area contributed by atoms with Crippen molar-refractivity contribution in [1.82, 2.24) is 0 Å². The van der Waals surface area contributed by atoms with Crippen LogP contribution in [0.1, 0.15) is 12.5 Å². The number of anilines is 1. The normalized spacial score (nSPS) is 11.1. The lowest BCUT2D eigenvalue weighted by atomic mass is 10.1. The average Bonchev–Trinajstić information content (AvgIpc) is 2.19. The minimum absolute atomic E-state index is 0.0632. The fraction of sp³-hybridized carbons (Fsp3) is 0.300. The Balaban J connectivity index is 3.03. The molecule has 0 aliphatic carbocycles. The highest BCUT2D eigenvalue weighted by molar-refractivity contribution is 6.30. The summed E-state index contributed by atoms with van der Waals surface area (Å²) in [5, 5.41) is 1.94. The van der Waals surface area contributed by atoms with Gasteiger partial charge in [0.15, 0.2) is 0 Å². The van der Waals surface area contributed by atoms with Gasteiger partial charge in [0.2, 0.25) is 0 Å². The Morgan fingerprint density at radius 1 is 1.47 bits per heavy atom. The summed E-state index contributed by atoms with van der Waals surface area (Å²) >= 11 is 5.48. The van der Waals surface area contributed by atoms with Gasteiger partial charge in [-0.15, -0.1) is 0 Å². The first kappa shape index (κ1) is 13.6. The van der Waals surface area contributed by atoms with Gasteiger partial charge in [-0.25, -0.2) is 4.79 Å². The predicted molar refractivity (Wildman–Crippen MR) is 57.1 cm³/mol. The van der Waals surface area contributed by atoms with E-state index in [4.69, 9.17) is 11.6 Å². The van der Waals surface area contributed by atoms with E-state index in [1.807, 2.05) is 5.32 Å². The highest BCUT2D eigenvalue weighted by atomic mass is 35.5. The first-order valence-corrected chi connectivity index (χ1v) is 5.03. The zero-order valence-corrected chi connectivity index (χ0v) is 9.52. The van der Waals surface area contributed by atoms with Gasteiger partial charge < -0.3 is 4.74 Å². The van der Waals surface area contributed by atoms with E-state index in [-0.39, 0.29) is 17.3 Å². The maximum Gasteiger partial charge on any atom is 0.418 e. The van der Waals surface area contributed by atoms with Crippen molar-refractivity contribution in [2.24, 2.45) is 0 Å². The van der Waals surface area contributed by atoms with Gasteiger partial charge in [-0.05, 0) is 25.1 Å². The highest BCUT2D eigenvalue weighted by Gasteiger charge is 2.34. The summed E-state index contributed by atoms with van der Waals surface area (Å²) in [6.07, 6.45) is -5.54. The third-order valence-electron chi connectivity index (χ3n) is 1.80. The molecular formula is C10H9ClF3NO2. The first-order valence-electron chi connectivity index (χ1n) is 4.65. The van der Waals surface area contributed by atoms with E-state index in [2.05, 4.69) is 4.74 Å². The molecule has 3 nitrogen and oxygen atoms in total. The molecule has 0 unspecified atom stereocenters. The van der Waals surface area contributed by atoms with Crippen LogP contribution in [-0.2, 0) is 10.9 Å². The van der Waals surface area contributed by atoms with Gasteiger partial charge in [0.05, 0.1) is 17.9 Å². The Hall–Kier alpha value is -1.43. The number of alkyl halides is 3. The quantitative estimate of drug-likeness (QED) is 0.882. The van der Waals surface area contributed by atoms with Gasteiger partial charge in [-0.2, -0.15) is 13.2 Å². The number of benzene rings is 1. The zero-order chi connectivity index (χ0) is 13.1. The van der Waals surface area contributed by atoms with Crippen molar-refractivity contribution in [1.29, 1.82) is 0 Å². The molecule has 0 radical (unpaired) electrons. The molecular weight excluding hydrogens is 259 g/mol. The standard InChI is InChI=1S/C10H9ClF3NO2/c1-2-17-9(16)15-8-4-3-6(11)5-7(8)10(12,13)14/h3-5H,2H2,1H3,(H,15,16). The molecule has 0 atom stereocenters. The van der Waals surface area contributed by atoms with Crippen molar-refractivity contribution in [3.05, 3.63) is 28.8 Å². The summed E-state index contributed by atoms with van der Waals surface area (Å²) in [6, 6.07) is 3.06. The molecule has 0 spiro atoms. The van der Waals surface area contributed by atoms with Gasteiger partial charge in [0, 0.05) is 5.02 Å². The van der Waals surface area contributed by atoms with Crippen LogP contribution in [0.15, 0.2) is 18.2 Å². The van der Waals surface area contributed by atoms with E-state index in [1.54, 1.807) is 6.92 Å². The minimum Gasteiger partial charge on any atom is -0.450 e. The molecule has 1 N–H and O–H groups in total. The molecule has 1 aromatic rings. The monoisotopic (exact) mass is 267 g/mol. The van der Waals surface area contributed by atoms with Gasteiger partial charge in [-0.1, -0.05) is 11.6 Å². The summed E-state index contributed by atoms with van der Waals surface area (Å²) in [4.78, 5) is 11.0. The molecule has 0 aromatic heterocycles. The van der Waals surface area contributed by atoms with Gasteiger partial charge >= 0.3 is 12.3 Å². The lowest BCUT2D eigenvalue weighted by molar-refractivity contribution is -0.136. The molecule has 0 bridgehead atoms. The van der Waals surface area contributed by atoms with E-state index in [1.165, 1.54) is 6.07 Å². The van der Waals surface area contributed by atoms with Crippen molar-refractivity contribution in [3.8, 4) is 0 Å². The second-order valence-corrected chi connectivity index (χ2v) is 3.47. The summed E-state index contributed by atoms with van der Waals surface area (Å²) in [5.41, 5.74) is -1.40. The second-order valence-electron chi connectivity index (χ2n) is 3.03. The van der Waals surface area contributed by atoms with Crippen LogP contribution in [0.3, 0.4) is 0 Å². The van der Waals surface area contributed by atoms with E-state index in [9.17, 15) is 18.0 Å². The number of amides is 1. The van der Waals surface area contributed by atoms with Crippen LogP contribution in [0.2, 0.25) is 5.02 Å².